The molecule has 0 spiro atoms. The van der Waals surface area contributed by atoms with E-state index in [1.165, 1.54) is 6.26 Å². The Morgan fingerprint density at radius 1 is 1.44 bits per heavy atom. The SMILES string of the molecule is CCc1nc(C)cc(NC23CCC2CN(C(=O)C2=COCCO2)C3)n1. The van der Waals surface area contributed by atoms with Gasteiger partial charge in [-0.25, -0.2) is 9.97 Å². The largest absolute Gasteiger partial charge is 0.494 e. The minimum Gasteiger partial charge on any atom is -0.494 e. The van der Waals surface area contributed by atoms with Gasteiger partial charge in [0.2, 0.25) is 5.76 Å². The fraction of sp³-hybridized carbons (Fsp3) is 0.611. The van der Waals surface area contributed by atoms with Gasteiger partial charge in [0.05, 0.1) is 5.54 Å². The molecular weight excluding hydrogens is 320 g/mol. The molecule has 1 saturated carbocycles. The number of likely N-dealkylation sites (tertiary alicyclic amines) is 1. The van der Waals surface area contributed by atoms with Gasteiger partial charge in [0, 0.05) is 37.2 Å². The highest BCUT2D eigenvalue weighted by Gasteiger charge is 2.54. The van der Waals surface area contributed by atoms with E-state index in [9.17, 15) is 4.79 Å². The summed E-state index contributed by atoms with van der Waals surface area (Å²) in [7, 11) is 0. The average Bonchev–Trinajstić information content (AvgIpc) is 2.86. The molecule has 1 aliphatic carbocycles. The predicted octanol–water partition coefficient (Wildman–Crippen LogP) is 1.64. The molecule has 0 radical (unpaired) electrons. The minimum absolute atomic E-state index is 0.0802. The van der Waals surface area contributed by atoms with Crippen LogP contribution in [0.4, 0.5) is 5.82 Å². The number of nitrogens with one attached hydrogen (secondary N) is 1. The van der Waals surface area contributed by atoms with Gasteiger partial charge in [-0.15, -0.1) is 0 Å². The third kappa shape index (κ3) is 2.92. The molecule has 1 aromatic rings. The highest BCUT2D eigenvalue weighted by molar-refractivity contribution is 5.91. The quantitative estimate of drug-likeness (QED) is 0.895. The summed E-state index contributed by atoms with van der Waals surface area (Å²) in [5.41, 5.74) is 0.878. The molecule has 2 atom stereocenters. The topological polar surface area (TPSA) is 76.6 Å². The van der Waals surface area contributed by atoms with E-state index in [0.717, 1.165) is 43.1 Å². The molecule has 0 aromatic carbocycles. The first-order chi connectivity index (χ1) is 12.1. The van der Waals surface area contributed by atoms with E-state index in [1.807, 2.05) is 17.9 Å². The Balaban J connectivity index is 1.50. The van der Waals surface area contributed by atoms with Gasteiger partial charge in [-0.1, -0.05) is 6.92 Å². The van der Waals surface area contributed by atoms with Gasteiger partial charge in [0.15, 0.2) is 0 Å². The van der Waals surface area contributed by atoms with Gasteiger partial charge < -0.3 is 19.7 Å². The first-order valence-corrected chi connectivity index (χ1v) is 8.96. The second-order valence-corrected chi connectivity index (χ2v) is 7.07. The lowest BCUT2D eigenvalue weighted by Crippen LogP contribution is -2.53. The monoisotopic (exact) mass is 344 g/mol. The number of nitrogens with zero attached hydrogens (tertiary/aromatic N) is 3. The van der Waals surface area contributed by atoms with Crippen LogP contribution in [0.3, 0.4) is 0 Å². The number of hydrogen-bond acceptors (Lipinski definition) is 6. The lowest BCUT2D eigenvalue weighted by Gasteiger charge is -2.44. The average molecular weight is 344 g/mol. The summed E-state index contributed by atoms with van der Waals surface area (Å²) in [4.78, 5) is 23.6. The van der Waals surface area contributed by atoms with Crippen LogP contribution in [0.1, 0.15) is 31.3 Å². The van der Waals surface area contributed by atoms with Gasteiger partial charge in [-0.3, -0.25) is 4.79 Å². The summed E-state index contributed by atoms with van der Waals surface area (Å²) < 4.78 is 10.7. The van der Waals surface area contributed by atoms with Crippen LogP contribution in [0.2, 0.25) is 0 Å². The maximum Gasteiger partial charge on any atom is 0.292 e. The zero-order valence-corrected chi connectivity index (χ0v) is 14.7. The van der Waals surface area contributed by atoms with Gasteiger partial charge >= 0.3 is 0 Å². The highest BCUT2D eigenvalue weighted by Crippen LogP contribution is 2.46. The van der Waals surface area contributed by atoms with E-state index in [0.29, 0.717) is 31.4 Å². The van der Waals surface area contributed by atoms with Crippen molar-refractivity contribution < 1.29 is 14.3 Å². The lowest BCUT2D eigenvalue weighted by atomic mass is 9.69. The third-order valence-corrected chi connectivity index (χ3v) is 5.38. The minimum atomic E-state index is -0.0858. The predicted molar refractivity (Wildman–Crippen MR) is 91.8 cm³/mol. The Labute approximate surface area is 147 Å². The molecule has 7 heteroatoms. The molecule has 1 saturated heterocycles. The summed E-state index contributed by atoms with van der Waals surface area (Å²) in [6, 6.07) is 1.98. The number of hydrogen-bond donors (Lipinski definition) is 1. The molecule has 2 fully saturated rings. The van der Waals surface area contributed by atoms with Crippen molar-refractivity contribution in [2.24, 2.45) is 5.92 Å². The lowest BCUT2D eigenvalue weighted by molar-refractivity contribution is -0.131. The Hall–Kier alpha value is -2.31. The Bertz CT molecular complexity index is 720. The van der Waals surface area contributed by atoms with Crippen LogP contribution in [-0.4, -0.2) is 52.6 Å². The standard InChI is InChI=1S/C18H24N4O3/c1-3-15-19-12(2)8-16(20-15)21-18-5-4-13(18)9-22(11-18)17(23)14-10-24-6-7-25-14/h8,10,13H,3-7,9,11H2,1-2H3,(H,19,20,21). The van der Waals surface area contributed by atoms with E-state index < -0.39 is 0 Å². The second kappa shape index (κ2) is 6.20. The summed E-state index contributed by atoms with van der Waals surface area (Å²) in [5, 5.41) is 3.62. The number of carbonyl (C=O) groups excluding carboxylic acids is 1. The van der Waals surface area contributed by atoms with Crippen LogP contribution >= 0.6 is 0 Å². The molecule has 1 amide bonds. The van der Waals surface area contributed by atoms with Crippen molar-refractivity contribution in [3.63, 3.8) is 0 Å². The highest BCUT2D eigenvalue weighted by atomic mass is 16.6. The first kappa shape index (κ1) is 16.2. The summed E-state index contributed by atoms with van der Waals surface area (Å²) >= 11 is 0. The smallest absolute Gasteiger partial charge is 0.292 e. The molecule has 7 nitrogen and oxygen atoms in total. The van der Waals surface area contributed by atoms with Crippen LogP contribution in [-0.2, 0) is 20.7 Å². The van der Waals surface area contributed by atoms with Gasteiger partial charge in [0.25, 0.3) is 5.91 Å². The molecular formula is C18H24N4O3. The molecule has 134 valence electrons. The molecule has 0 bridgehead atoms. The molecule has 3 heterocycles. The molecule has 3 aliphatic rings. The van der Waals surface area contributed by atoms with E-state index in [-0.39, 0.29) is 11.4 Å². The fourth-order valence-electron chi connectivity index (χ4n) is 3.94. The normalized spacial score (nSPS) is 27.5. The van der Waals surface area contributed by atoms with E-state index >= 15 is 0 Å². The zero-order chi connectivity index (χ0) is 17.4. The Kier molecular flexibility index (Phi) is 4.01. The number of aromatic nitrogens is 2. The molecule has 2 aliphatic heterocycles. The van der Waals surface area contributed by atoms with Crippen molar-refractivity contribution in [1.82, 2.24) is 14.9 Å². The molecule has 25 heavy (non-hydrogen) atoms. The number of aryl methyl sites for hydroxylation is 2. The van der Waals surface area contributed by atoms with E-state index in [2.05, 4.69) is 22.2 Å². The van der Waals surface area contributed by atoms with Crippen molar-refractivity contribution in [3.8, 4) is 0 Å². The summed E-state index contributed by atoms with van der Waals surface area (Å²) in [5.74, 6) is 2.39. The van der Waals surface area contributed by atoms with Gasteiger partial charge in [0.1, 0.15) is 31.1 Å². The second-order valence-electron chi connectivity index (χ2n) is 7.07. The van der Waals surface area contributed by atoms with Crippen molar-refractivity contribution in [3.05, 3.63) is 29.6 Å². The number of ether oxygens (including phenoxy) is 2. The van der Waals surface area contributed by atoms with Crippen molar-refractivity contribution in [2.45, 2.75) is 38.6 Å². The van der Waals surface area contributed by atoms with E-state index in [1.54, 1.807) is 0 Å². The first-order valence-electron chi connectivity index (χ1n) is 8.96. The molecule has 4 rings (SSSR count). The summed E-state index contributed by atoms with van der Waals surface area (Å²) in [6.07, 6.45) is 4.41. The maximum atomic E-state index is 12.7. The fourth-order valence-corrected chi connectivity index (χ4v) is 3.94. The number of fused-ring (bicyclic) bond motifs is 1. The number of amides is 1. The maximum absolute atomic E-state index is 12.7. The van der Waals surface area contributed by atoms with Crippen LogP contribution in [0, 0.1) is 12.8 Å². The van der Waals surface area contributed by atoms with Gasteiger partial charge in [-0.2, -0.15) is 0 Å². The van der Waals surface area contributed by atoms with E-state index in [4.69, 9.17) is 9.47 Å². The Morgan fingerprint density at radius 2 is 2.32 bits per heavy atom. The number of rotatable bonds is 4. The van der Waals surface area contributed by atoms with Crippen LogP contribution in [0.25, 0.3) is 0 Å². The van der Waals surface area contributed by atoms with Crippen LogP contribution in [0.15, 0.2) is 18.1 Å². The van der Waals surface area contributed by atoms with Gasteiger partial charge in [-0.05, 0) is 19.8 Å². The molecule has 1 aromatic heterocycles. The number of anilines is 1. The molecule has 2 unspecified atom stereocenters. The summed E-state index contributed by atoms with van der Waals surface area (Å²) in [6.45, 7) is 6.38. The van der Waals surface area contributed by atoms with Crippen molar-refractivity contribution in [2.75, 3.05) is 31.6 Å². The molecule has 1 N–H and O–H groups in total. The Morgan fingerprint density at radius 3 is 3.00 bits per heavy atom. The van der Waals surface area contributed by atoms with Crippen molar-refractivity contribution >= 4 is 11.7 Å². The van der Waals surface area contributed by atoms with Crippen molar-refractivity contribution in [1.29, 1.82) is 0 Å². The van der Waals surface area contributed by atoms with Crippen LogP contribution in [0.5, 0.6) is 0 Å². The number of carbonyl (C=O) groups is 1. The third-order valence-electron chi connectivity index (χ3n) is 5.38. The zero-order valence-electron chi connectivity index (χ0n) is 14.7. The van der Waals surface area contributed by atoms with Crippen LogP contribution < -0.4 is 5.32 Å².